The van der Waals surface area contributed by atoms with Gasteiger partial charge in [0.2, 0.25) is 5.82 Å². The fraction of sp³-hybridized carbons (Fsp3) is 0.310. The first-order chi connectivity index (χ1) is 20.8. The average Bonchev–Trinajstić information content (AvgIpc) is 3.44. The quantitative estimate of drug-likeness (QED) is 0.149. The molecule has 4 rings (SSSR count). The third kappa shape index (κ3) is 7.72. The summed E-state index contributed by atoms with van der Waals surface area (Å²) in [6.45, 7) is 3.60. The molecule has 2 aromatic carbocycles. The van der Waals surface area contributed by atoms with Gasteiger partial charge in [-0.2, -0.15) is 4.39 Å². The van der Waals surface area contributed by atoms with Crippen molar-refractivity contribution in [2.24, 2.45) is 0 Å². The molecule has 12 nitrogen and oxygen atoms in total. The number of halogens is 2. The Labute approximate surface area is 246 Å². The standard InChI is InChI=1S/C29H32F2N6O6/c1-3-18-16-19(4-5-20(18)28(38)33-9-12-42-14-15-43-13-10-34-29(39)40)36-26-27-35-17-22(37(27)11-8-32-26)21-6-7-23(41-2)25(31)24(21)30/h4-8,11,16-17,34H,3,9-10,12-15H2,1-2H3,(H,32,36)(H,33,38)(H,39,40). The Morgan fingerprint density at radius 3 is 2.42 bits per heavy atom. The van der Waals surface area contributed by atoms with Crippen LogP contribution in [-0.4, -0.2) is 78.1 Å². The second kappa shape index (κ2) is 14.9. The van der Waals surface area contributed by atoms with E-state index in [4.69, 9.17) is 19.3 Å². The van der Waals surface area contributed by atoms with Gasteiger partial charge in [-0.1, -0.05) is 6.92 Å². The van der Waals surface area contributed by atoms with Gasteiger partial charge in [0.05, 0.1) is 45.4 Å². The van der Waals surface area contributed by atoms with Crippen molar-refractivity contribution < 1.29 is 37.7 Å². The fourth-order valence-corrected chi connectivity index (χ4v) is 4.30. The Morgan fingerprint density at radius 1 is 0.977 bits per heavy atom. The van der Waals surface area contributed by atoms with Gasteiger partial charge in [-0.3, -0.25) is 9.20 Å². The molecule has 0 aliphatic rings. The van der Waals surface area contributed by atoms with Crippen LogP contribution >= 0.6 is 0 Å². The molecule has 0 saturated carbocycles. The molecule has 0 unspecified atom stereocenters. The van der Waals surface area contributed by atoms with Crippen LogP contribution in [0.1, 0.15) is 22.8 Å². The number of carbonyl (C=O) groups excluding carboxylic acids is 1. The molecule has 0 bridgehead atoms. The van der Waals surface area contributed by atoms with Gasteiger partial charge >= 0.3 is 6.09 Å². The highest BCUT2D eigenvalue weighted by molar-refractivity contribution is 5.96. The normalized spacial score (nSPS) is 11.0. The molecule has 2 aromatic heterocycles. The fourth-order valence-electron chi connectivity index (χ4n) is 4.30. The van der Waals surface area contributed by atoms with Crippen molar-refractivity contribution >= 4 is 29.2 Å². The van der Waals surface area contributed by atoms with E-state index in [9.17, 15) is 18.4 Å². The van der Waals surface area contributed by atoms with Gasteiger partial charge in [0.1, 0.15) is 0 Å². The maximum absolute atomic E-state index is 14.8. The molecule has 0 spiro atoms. The van der Waals surface area contributed by atoms with Gasteiger partial charge < -0.3 is 35.3 Å². The number of carbonyl (C=O) groups is 2. The van der Waals surface area contributed by atoms with Gasteiger partial charge in [-0.25, -0.2) is 19.2 Å². The summed E-state index contributed by atoms with van der Waals surface area (Å²) >= 11 is 0. The predicted molar refractivity (Wildman–Crippen MR) is 154 cm³/mol. The molecule has 0 radical (unpaired) electrons. The van der Waals surface area contributed by atoms with Gasteiger partial charge in [0.25, 0.3) is 5.91 Å². The van der Waals surface area contributed by atoms with E-state index in [-0.39, 0.29) is 30.4 Å². The van der Waals surface area contributed by atoms with Gasteiger partial charge in [-0.15, -0.1) is 0 Å². The van der Waals surface area contributed by atoms with Crippen LogP contribution in [0.3, 0.4) is 0 Å². The second-order valence-electron chi connectivity index (χ2n) is 9.12. The number of amides is 2. The zero-order valence-electron chi connectivity index (χ0n) is 23.7. The van der Waals surface area contributed by atoms with Crippen molar-refractivity contribution in [2.45, 2.75) is 13.3 Å². The maximum atomic E-state index is 14.8. The molecule has 228 valence electrons. The molecular weight excluding hydrogens is 566 g/mol. The zero-order chi connectivity index (χ0) is 30.8. The third-order valence-corrected chi connectivity index (χ3v) is 6.39. The van der Waals surface area contributed by atoms with E-state index < -0.39 is 17.7 Å². The number of imidazole rings is 1. The number of aryl methyl sites for hydroxylation is 1. The lowest BCUT2D eigenvalue weighted by molar-refractivity contribution is 0.0492. The number of fused-ring (bicyclic) bond motifs is 1. The minimum atomic E-state index is -1.10. The Balaban J connectivity index is 1.36. The SMILES string of the molecule is CCc1cc(Nc2nccn3c(-c4ccc(OC)c(F)c4F)cnc23)ccc1C(=O)NCCOCCOCCNC(=O)O. The zero-order valence-corrected chi connectivity index (χ0v) is 23.7. The molecule has 0 saturated heterocycles. The number of rotatable bonds is 15. The molecule has 14 heteroatoms. The first-order valence-corrected chi connectivity index (χ1v) is 13.5. The summed E-state index contributed by atoms with van der Waals surface area (Å²) < 4.78 is 46.3. The molecule has 0 atom stereocenters. The van der Waals surface area contributed by atoms with E-state index in [1.165, 1.54) is 31.6 Å². The van der Waals surface area contributed by atoms with E-state index in [1.807, 2.05) is 13.0 Å². The van der Waals surface area contributed by atoms with Crippen LogP contribution in [0.15, 0.2) is 48.9 Å². The molecule has 0 aliphatic carbocycles. The highest BCUT2D eigenvalue weighted by Gasteiger charge is 2.19. The minimum absolute atomic E-state index is 0.0239. The summed E-state index contributed by atoms with van der Waals surface area (Å²) in [4.78, 5) is 31.9. The Hall–Kier alpha value is -4.82. The molecule has 0 fully saturated rings. The summed E-state index contributed by atoms with van der Waals surface area (Å²) in [5.41, 5.74) is 2.76. The molecule has 2 amide bonds. The van der Waals surface area contributed by atoms with Gasteiger partial charge in [0.15, 0.2) is 23.0 Å². The number of hydrogen-bond acceptors (Lipinski definition) is 8. The third-order valence-electron chi connectivity index (χ3n) is 6.39. The summed E-state index contributed by atoms with van der Waals surface area (Å²) in [7, 11) is 1.27. The van der Waals surface area contributed by atoms with Crippen LogP contribution in [0, 0.1) is 11.6 Å². The average molecular weight is 599 g/mol. The number of nitrogens with zero attached hydrogens (tertiary/aromatic N) is 3. The Kier molecular flexibility index (Phi) is 10.8. The van der Waals surface area contributed by atoms with Crippen LogP contribution in [0.25, 0.3) is 16.9 Å². The summed E-state index contributed by atoms with van der Waals surface area (Å²) in [6.07, 6.45) is 4.05. The number of aromatic nitrogens is 3. The van der Waals surface area contributed by atoms with Crippen molar-refractivity contribution in [1.29, 1.82) is 0 Å². The summed E-state index contributed by atoms with van der Waals surface area (Å²) in [6, 6.07) is 8.08. The van der Waals surface area contributed by atoms with Gasteiger partial charge in [-0.05, 0) is 42.3 Å². The van der Waals surface area contributed by atoms with Crippen molar-refractivity contribution in [3.63, 3.8) is 0 Å². The molecule has 0 aliphatic heterocycles. The number of anilines is 2. The number of methoxy groups -OCH3 is 1. The summed E-state index contributed by atoms with van der Waals surface area (Å²) in [5, 5.41) is 16.7. The van der Waals surface area contributed by atoms with Crippen molar-refractivity contribution in [3.8, 4) is 17.0 Å². The molecule has 4 aromatic rings. The lowest BCUT2D eigenvalue weighted by Crippen LogP contribution is -2.28. The maximum Gasteiger partial charge on any atom is 0.404 e. The van der Waals surface area contributed by atoms with Gasteiger partial charge in [0, 0.05) is 42.3 Å². The number of ether oxygens (including phenoxy) is 3. The first kappa shape index (κ1) is 31.1. The largest absolute Gasteiger partial charge is 0.494 e. The number of nitrogens with one attached hydrogen (secondary N) is 3. The number of carboxylic acid groups (broad SMARTS) is 1. The van der Waals surface area contributed by atoms with E-state index in [1.54, 1.807) is 22.7 Å². The predicted octanol–water partition coefficient (Wildman–Crippen LogP) is 4.02. The lowest BCUT2D eigenvalue weighted by atomic mass is 10.0. The summed E-state index contributed by atoms with van der Waals surface area (Å²) in [5.74, 6) is -2.17. The smallest absolute Gasteiger partial charge is 0.404 e. The van der Waals surface area contributed by atoms with Crippen molar-refractivity contribution in [2.75, 3.05) is 51.9 Å². The Bertz CT molecular complexity index is 1580. The van der Waals surface area contributed by atoms with E-state index in [2.05, 4.69) is 25.9 Å². The van der Waals surface area contributed by atoms with E-state index in [0.29, 0.717) is 61.2 Å². The topological polar surface area (TPSA) is 148 Å². The molecular formula is C29H32F2N6O6. The van der Waals surface area contributed by atoms with Crippen LogP contribution < -0.4 is 20.7 Å². The Morgan fingerprint density at radius 2 is 1.72 bits per heavy atom. The van der Waals surface area contributed by atoms with Crippen LogP contribution in [0.2, 0.25) is 0 Å². The van der Waals surface area contributed by atoms with Crippen molar-refractivity contribution in [1.82, 2.24) is 25.0 Å². The highest BCUT2D eigenvalue weighted by Crippen LogP contribution is 2.31. The second-order valence-corrected chi connectivity index (χ2v) is 9.12. The molecule has 43 heavy (non-hydrogen) atoms. The van der Waals surface area contributed by atoms with Crippen LogP contribution in [0.4, 0.5) is 25.1 Å². The minimum Gasteiger partial charge on any atom is -0.494 e. The van der Waals surface area contributed by atoms with E-state index >= 15 is 0 Å². The molecule has 4 N–H and O–H groups in total. The van der Waals surface area contributed by atoms with Crippen LogP contribution in [0.5, 0.6) is 5.75 Å². The van der Waals surface area contributed by atoms with Crippen molar-refractivity contribution in [3.05, 3.63) is 71.7 Å². The highest BCUT2D eigenvalue weighted by atomic mass is 19.2. The lowest BCUT2D eigenvalue weighted by Gasteiger charge is -2.13. The van der Waals surface area contributed by atoms with Crippen LogP contribution in [-0.2, 0) is 15.9 Å². The molecule has 2 heterocycles. The monoisotopic (exact) mass is 598 g/mol. The number of hydrogen-bond donors (Lipinski definition) is 4. The number of benzene rings is 2. The van der Waals surface area contributed by atoms with E-state index in [0.717, 1.165) is 5.56 Å². The first-order valence-electron chi connectivity index (χ1n) is 13.5.